The van der Waals surface area contributed by atoms with Crippen molar-refractivity contribution in [1.29, 1.82) is 0 Å². The molecule has 2 aliphatic rings. The molecular formula is C11H21NO. The summed E-state index contributed by atoms with van der Waals surface area (Å²) in [6.45, 7) is 2.36. The molecule has 1 saturated heterocycles. The average Bonchev–Trinajstić information content (AvgIpc) is 2.72. The highest BCUT2D eigenvalue weighted by molar-refractivity contribution is 4.85. The smallest absolute Gasteiger partial charge is 0.0648 e. The molecule has 1 saturated carbocycles. The zero-order valence-electron chi connectivity index (χ0n) is 8.39. The fraction of sp³-hybridized carbons (Fsp3) is 1.00. The van der Waals surface area contributed by atoms with Crippen LogP contribution in [0.15, 0.2) is 0 Å². The Morgan fingerprint density at radius 2 is 2.08 bits per heavy atom. The molecule has 1 unspecified atom stereocenters. The molecule has 2 nitrogen and oxygen atoms in total. The van der Waals surface area contributed by atoms with E-state index in [-0.39, 0.29) is 5.60 Å². The highest BCUT2D eigenvalue weighted by Crippen LogP contribution is 2.34. The minimum absolute atomic E-state index is 0.275. The minimum atomic E-state index is -0.275. The van der Waals surface area contributed by atoms with E-state index in [1.807, 2.05) is 0 Å². The van der Waals surface area contributed by atoms with Crippen LogP contribution in [0.2, 0.25) is 0 Å². The zero-order chi connectivity index (χ0) is 9.15. The zero-order valence-corrected chi connectivity index (χ0v) is 8.39. The molecule has 1 atom stereocenters. The third-order valence-corrected chi connectivity index (χ3v) is 3.71. The van der Waals surface area contributed by atoms with Crippen molar-refractivity contribution >= 4 is 0 Å². The van der Waals surface area contributed by atoms with E-state index in [2.05, 4.69) is 5.32 Å². The number of hydrogen-bond acceptors (Lipinski definition) is 2. The summed E-state index contributed by atoms with van der Waals surface area (Å²) in [5.74, 6) is 0.838. The van der Waals surface area contributed by atoms with Gasteiger partial charge < -0.3 is 10.4 Å². The van der Waals surface area contributed by atoms with Crippen LogP contribution in [0.4, 0.5) is 0 Å². The van der Waals surface area contributed by atoms with Gasteiger partial charge in [0.25, 0.3) is 0 Å². The molecule has 1 aliphatic heterocycles. The third-order valence-electron chi connectivity index (χ3n) is 3.71. The van der Waals surface area contributed by atoms with Gasteiger partial charge in [0.2, 0.25) is 0 Å². The second-order valence-electron chi connectivity index (χ2n) is 4.83. The highest BCUT2D eigenvalue weighted by Gasteiger charge is 2.31. The topological polar surface area (TPSA) is 32.3 Å². The second-order valence-corrected chi connectivity index (χ2v) is 4.83. The highest BCUT2D eigenvalue weighted by atomic mass is 16.3. The Hall–Kier alpha value is -0.0800. The number of hydrogen-bond donors (Lipinski definition) is 2. The molecule has 1 aliphatic carbocycles. The lowest BCUT2D eigenvalue weighted by Gasteiger charge is -2.23. The first-order chi connectivity index (χ1) is 6.29. The van der Waals surface area contributed by atoms with Gasteiger partial charge in [-0.15, -0.1) is 0 Å². The van der Waals surface area contributed by atoms with E-state index < -0.39 is 0 Å². The van der Waals surface area contributed by atoms with Crippen molar-refractivity contribution in [3.8, 4) is 0 Å². The van der Waals surface area contributed by atoms with Crippen molar-refractivity contribution in [3.63, 3.8) is 0 Å². The molecule has 0 aromatic rings. The first-order valence-electron chi connectivity index (χ1n) is 5.72. The van der Waals surface area contributed by atoms with Crippen LogP contribution in [0.1, 0.15) is 44.9 Å². The average molecular weight is 183 g/mol. The first-order valence-corrected chi connectivity index (χ1v) is 5.72. The minimum Gasteiger partial charge on any atom is -0.390 e. The molecule has 0 radical (unpaired) electrons. The Labute approximate surface area is 80.7 Å². The van der Waals surface area contributed by atoms with Crippen LogP contribution in [0.3, 0.4) is 0 Å². The van der Waals surface area contributed by atoms with E-state index in [0.717, 1.165) is 25.2 Å². The summed E-state index contributed by atoms with van der Waals surface area (Å²) in [6.07, 6.45) is 8.15. The van der Waals surface area contributed by atoms with Crippen molar-refractivity contribution in [2.24, 2.45) is 5.92 Å². The van der Waals surface area contributed by atoms with E-state index in [1.165, 1.54) is 38.8 Å². The van der Waals surface area contributed by atoms with Gasteiger partial charge in [-0.3, -0.25) is 0 Å². The monoisotopic (exact) mass is 183 g/mol. The SMILES string of the molecule is OC1(CCC2CCNC2)CCCC1. The third kappa shape index (κ3) is 2.44. The summed E-state index contributed by atoms with van der Waals surface area (Å²) in [4.78, 5) is 0. The van der Waals surface area contributed by atoms with Gasteiger partial charge in [-0.1, -0.05) is 12.8 Å². The van der Waals surface area contributed by atoms with Crippen LogP contribution in [0.5, 0.6) is 0 Å². The van der Waals surface area contributed by atoms with E-state index >= 15 is 0 Å². The van der Waals surface area contributed by atoms with Gasteiger partial charge in [-0.25, -0.2) is 0 Å². The molecule has 76 valence electrons. The molecule has 0 amide bonds. The molecule has 2 fully saturated rings. The van der Waals surface area contributed by atoms with Crippen molar-refractivity contribution in [3.05, 3.63) is 0 Å². The molecule has 0 aromatic heterocycles. The fourth-order valence-corrected chi connectivity index (χ4v) is 2.72. The van der Waals surface area contributed by atoms with Crippen molar-refractivity contribution < 1.29 is 5.11 Å². The molecule has 2 N–H and O–H groups in total. The van der Waals surface area contributed by atoms with Crippen molar-refractivity contribution in [2.75, 3.05) is 13.1 Å². The van der Waals surface area contributed by atoms with Gasteiger partial charge in [0, 0.05) is 0 Å². The molecular weight excluding hydrogens is 162 g/mol. The van der Waals surface area contributed by atoms with Crippen LogP contribution in [0, 0.1) is 5.92 Å². The van der Waals surface area contributed by atoms with E-state index in [4.69, 9.17) is 0 Å². The Kier molecular flexibility index (Phi) is 2.89. The molecule has 0 aromatic carbocycles. The number of aliphatic hydroxyl groups is 1. The standard InChI is InChI=1S/C11H21NO/c13-11(5-1-2-6-11)7-3-10-4-8-12-9-10/h10,12-13H,1-9H2. The largest absolute Gasteiger partial charge is 0.390 e. The van der Waals surface area contributed by atoms with Crippen molar-refractivity contribution in [2.45, 2.75) is 50.5 Å². The first kappa shape index (κ1) is 9.47. The Balaban J connectivity index is 1.71. The Bertz CT molecular complexity index is 157. The maximum atomic E-state index is 10.1. The van der Waals surface area contributed by atoms with Crippen LogP contribution >= 0.6 is 0 Å². The summed E-state index contributed by atoms with van der Waals surface area (Å²) >= 11 is 0. The normalized spacial score (nSPS) is 32.5. The maximum Gasteiger partial charge on any atom is 0.0648 e. The Morgan fingerprint density at radius 3 is 2.69 bits per heavy atom. The van der Waals surface area contributed by atoms with E-state index in [9.17, 15) is 5.11 Å². The van der Waals surface area contributed by atoms with Crippen LogP contribution < -0.4 is 5.32 Å². The molecule has 0 spiro atoms. The number of nitrogens with one attached hydrogen (secondary N) is 1. The molecule has 2 heteroatoms. The molecule has 13 heavy (non-hydrogen) atoms. The van der Waals surface area contributed by atoms with Gasteiger partial charge in [0.15, 0.2) is 0 Å². The predicted octanol–water partition coefficient (Wildman–Crippen LogP) is 1.68. The summed E-state index contributed by atoms with van der Waals surface area (Å²) in [7, 11) is 0. The summed E-state index contributed by atoms with van der Waals surface area (Å²) < 4.78 is 0. The fourth-order valence-electron chi connectivity index (χ4n) is 2.72. The Morgan fingerprint density at radius 1 is 1.31 bits per heavy atom. The molecule has 1 heterocycles. The van der Waals surface area contributed by atoms with Crippen LogP contribution in [-0.2, 0) is 0 Å². The van der Waals surface area contributed by atoms with Gasteiger partial charge in [-0.05, 0) is 51.1 Å². The van der Waals surface area contributed by atoms with Crippen molar-refractivity contribution in [1.82, 2.24) is 5.32 Å². The van der Waals surface area contributed by atoms with E-state index in [0.29, 0.717) is 0 Å². The van der Waals surface area contributed by atoms with Crippen LogP contribution in [-0.4, -0.2) is 23.8 Å². The number of rotatable bonds is 3. The lowest BCUT2D eigenvalue weighted by molar-refractivity contribution is 0.0330. The lowest BCUT2D eigenvalue weighted by Crippen LogP contribution is -2.25. The van der Waals surface area contributed by atoms with Crippen LogP contribution in [0.25, 0.3) is 0 Å². The quantitative estimate of drug-likeness (QED) is 0.697. The van der Waals surface area contributed by atoms with E-state index in [1.54, 1.807) is 0 Å². The maximum absolute atomic E-state index is 10.1. The van der Waals surface area contributed by atoms with Gasteiger partial charge in [-0.2, -0.15) is 0 Å². The summed E-state index contributed by atoms with van der Waals surface area (Å²) in [5.41, 5.74) is -0.275. The van der Waals surface area contributed by atoms with Gasteiger partial charge >= 0.3 is 0 Å². The molecule has 0 bridgehead atoms. The molecule has 2 rings (SSSR count). The van der Waals surface area contributed by atoms with Gasteiger partial charge in [0.1, 0.15) is 0 Å². The predicted molar refractivity (Wildman–Crippen MR) is 53.6 cm³/mol. The second kappa shape index (κ2) is 3.97. The van der Waals surface area contributed by atoms with Gasteiger partial charge in [0.05, 0.1) is 5.60 Å². The summed E-state index contributed by atoms with van der Waals surface area (Å²) in [6, 6.07) is 0. The summed E-state index contributed by atoms with van der Waals surface area (Å²) in [5, 5.41) is 13.5. The lowest BCUT2D eigenvalue weighted by atomic mass is 9.90.